The molecule has 0 bridgehead atoms. The van der Waals surface area contributed by atoms with Gasteiger partial charge in [-0.15, -0.1) is 0 Å². The number of hydrogen-bond acceptors (Lipinski definition) is 5. The molecule has 0 unspecified atom stereocenters. The van der Waals surface area contributed by atoms with E-state index in [1.54, 1.807) is 73.7 Å². The molecule has 0 spiro atoms. The number of H-pyrrole nitrogens is 5. The van der Waals surface area contributed by atoms with E-state index >= 15 is 0 Å². The molecule has 0 amide bonds. The molecule has 5 heterocycles. The topological polar surface area (TPSA) is 204 Å². The molecule has 5 aromatic carbocycles. The number of nitrogens with two attached hydrogens (primary N) is 1. The average molecular weight is 1190 g/mol. The second-order valence-electron chi connectivity index (χ2n) is 21.2. The van der Waals surface area contributed by atoms with Crippen molar-refractivity contribution in [2.45, 2.75) is 112 Å². The van der Waals surface area contributed by atoms with Gasteiger partial charge in [0, 0.05) is 118 Å². The van der Waals surface area contributed by atoms with E-state index in [0.717, 1.165) is 56.1 Å². The third-order valence-corrected chi connectivity index (χ3v) is 15.4. The van der Waals surface area contributed by atoms with E-state index in [0.29, 0.717) is 49.9 Å². The van der Waals surface area contributed by atoms with Gasteiger partial charge in [0.2, 0.25) is 0 Å². The number of fused-ring (bicyclic) bond motifs is 5. The van der Waals surface area contributed by atoms with Crippen molar-refractivity contribution >= 4 is 116 Å². The van der Waals surface area contributed by atoms with Gasteiger partial charge in [-0.25, -0.2) is 35.1 Å². The zero-order valence-electron chi connectivity index (χ0n) is 47.4. The molecule has 4 atom stereocenters. The van der Waals surface area contributed by atoms with Gasteiger partial charge in [-0.1, -0.05) is 12.1 Å². The van der Waals surface area contributed by atoms with Gasteiger partial charge in [0.1, 0.15) is 46.1 Å². The minimum absolute atomic E-state index is 0. The Labute approximate surface area is 487 Å². The Morgan fingerprint density at radius 1 is 0.543 bits per heavy atom. The van der Waals surface area contributed by atoms with Crippen LogP contribution in [0, 0.1) is 75.0 Å². The van der Waals surface area contributed by atoms with Crippen molar-refractivity contribution in [2.24, 2.45) is 10.1 Å². The monoisotopic (exact) mass is 1190 g/mol. The van der Waals surface area contributed by atoms with Gasteiger partial charge in [-0.2, -0.15) is 36.7 Å². The molecule has 0 aliphatic carbocycles. The number of nitriles is 1. The molecule has 81 heavy (non-hydrogen) atoms. The van der Waals surface area contributed by atoms with Gasteiger partial charge in [-0.3, -0.25) is 4.79 Å². The number of nitrogens with zero attached hydrogens (tertiary/aromatic N) is 2. The highest BCUT2D eigenvalue weighted by atomic mass is 32.2. The Hall–Kier alpha value is -6.80. The van der Waals surface area contributed by atoms with E-state index in [1.165, 1.54) is 18.3 Å². The van der Waals surface area contributed by atoms with E-state index in [2.05, 4.69) is 34.0 Å². The van der Waals surface area contributed by atoms with Crippen LogP contribution in [0.3, 0.4) is 0 Å². The maximum absolute atomic E-state index is 14.5. The van der Waals surface area contributed by atoms with Crippen LogP contribution in [0.2, 0.25) is 0 Å². The number of aromatic nitrogens is 5. The van der Waals surface area contributed by atoms with Crippen molar-refractivity contribution in [1.82, 2.24) is 29.6 Å². The van der Waals surface area contributed by atoms with Gasteiger partial charge in [-0.05, 0) is 169 Å². The molecule has 10 rings (SSSR count). The van der Waals surface area contributed by atoms with Crippen molar-refractivity contribution in [3.63, 3.8) is 0 Å². The van der Waals surface area contributed by atoms with E-state index < -0.39 is 38.4 Å². The first-order valence-electron chi connectivity index (χ1n) is 25.2. The van der Waals surface area contributed by atoms with Crippen LogP contribution in [0.25, 0.3) is 54.5 Å². The van der Waals surface area contributed by atoms with Crippen molar-refractivity contribution < 1.29 is 35.2 Å². The Morgan fingerprint density at radius 3 is 1.27 bits per heavy atom. The average Bonchev–Trinajstić information content (AvgIpc) is 4.22. The highest BCUT2D eigenvalue weighted by Gasteiger charge is 2.24. The molecule has 0 fully saturated rings. The maximum Gasteiger partial charge on any atom is 0.153 e. The number of halogens is 5. The Bertz CT molecular complexity index is 3970. The normalized spacial score (nSPS) is 12.9. The Morgan fingerprint density at radius 2 is 0.889 bits per heavy atom. The number of aromatic amines is 5. The molecule has 432 valence electrons. The molecule has 8 N–H and O–H groups in total. The van der Waals surface area contributed by atoms with Crippen LogP contribution >= 0.6 is 27.0 Å². The van der Waals surface area contributed by atoms with E-state index in [-0.39, 0.29) is 72.4 Å². The van der Waals surface area contributed by atoms with Crippen molar-refractivity contribution in [1.29, 1.82) is 5.26 Å². The number of carbonyl (C=O) groups excluding carboxylic acids is 1. The van der Waals surface area contributed by atoms with Crippen molar-refractivity contribution in [2.75, 3.05) is 0 Å². The number of hydrogen-bond donors (Lipinski definition) is 7. The summed E-state index contributed by atoms with van der Waals surface area (Å²) in [5, 5.41) is 11.3. The minimum atomic E-state index is -1.38. The van der Waals surface area contributed by atoms with Crippen LogP contribution in [-0.2, 0) is 22.0 Å². The van der Waals surface area contributed by atoms with Gasteiger partial charge < -0.3 is 30.7 Å². The lowest BCUT2D eigenvalue weighted by Crippen LogP contribution is -2.35. The lowest BCUT2D eigenvalue weighted by atomic mass is 10.1. The standard InChI is InChI=1S/C15H21FN2OS.C14H17FN2OS.C11H13FN2.C10H7FN2.C10H8FNO.2H2S/c1-9-8-12-13(17-9)7-6-11(14(12)16)10(2)18-20(19)15(3,4)5;1-9-7-11-12(17-9)6-5-10(13(11)15)8-16-19(18)14(2,3)4;1-6-5-9-10(14-6)4-3-8(7(2)13)11(9)12;1-6-4-8-9(13-6)3-2-7(5-12)10(8)11;1-6-4-8-9(12-6)3-2-7(5-13)10(8)11;;/h6-8,10,17-18H,1-5H3;5-8,17H,1-4H3;3-5,7,14H,13H2,1-2H3;2-4,13H,1H3;2-5,12H,1H3;2*1H2/t10-,20+;19-;7-;;;;/m101..../s1. The third-order valence-electron chi connectivity index (χ3n) is 12.3. The SMILES string of the molecule is Cc1cc2c(F)c(C#N)ccc2[nH]1.Cc1cc2c(F)c(C=N[S@@](=O)C(C)(C)C)ccc2[nH]1.Cc1cc2c(F)c(C=O)ccc2[nH]1.Cc1cc2c(F)c([C@@H](C)N)ccc2[nH]1.Cc1cc2c(F)c([C@@H](C)N[S@@](=O)C(C)(C)C)ccc2[nH]1.S.S. The van der Waals surface area contributed by atoms with Crippen LogP contribution in [0.15, 0.2) is 95.4 Å². The van der Waals surface area contributed by atoms with Crippen molar-refractivity contribution in [3.8, 4) is 6.07 Å². The highest BCUT2D eigenvalue weighted by molar-refractivity contribution is 7.85. The van der Waals surface area contributed by atoms with Gasteiger partial charge >= 0.3 is 0 Å². The molecule has 12 nitrogen and oxygen atoms in total. The van der Waals surface area contributed by atoms with E-state index in [9.17, 15) is 35.2 Å². The summed E-state index contributed by atoms with van der Waals surface area (Å²) in [5.74, 6) is -1.68. The second-order valence-corrected chi connectivity index (χ2v) is 25.1. The fraction of sp³-hybridized carbons (Fsp3) is 0.283. The van der Waals surface area contributed by atoms with E-state index in [4.69, 9.17) is 11.0 Å². The summed E-state index contributed by atoms with van der Waals surface area (Å²) in [4.78, 5) is 25.7. The molecule has 5 aromatic heterocycles. The zero-order valence-corrected chi connectivity index (χ0v) is 51.0. The smallest absolute Gasteiger partial charge is 0.153 e. The Balaban J connectivity index is 0.000000219. The summed E-state index contributed by atoms with van der Waals surface area (Å²) in [6.07, 6.45) is 1.87. The summed E-state index contributed by atoms with van der Waals surface area (Å²) >= 11 is 0. The molecule has 0 radical (unpaired) electrons. The highest BCUT2D eigenvalue weighted by Crippen LogP contribution is 2.29. The summed E-state index contributed by atoms with van der Waals surface area (Å²) in [6, 6.07) is 27.0. The quantitative estimate of drug-likeness (QED) is 0.0471. The van der Waals surface area contributed by atoms with Crippen LogP contribution in [-0.4, -0.2) is 55.3 Å². The lowest BCUT2D eigenvalue weighted by molar-refractivity contribution is 0.112. The van der Waals surface area contributed by atoms with Gasteiger partial charge in [0.25, 0.3) is 0 Å². The molecular formula is C60H70F5N9O3S4. The van der Waals surface area contributed by atoms with Gasteiger partial charge in [0.15, 0.2) is 6.29 Å². The fourth-order valence-corrected chi connectivity index (χ4v) is 9.56. The number of aryl methyl sites for hydroxylation is 5. The first kappa shape index (κ1) is 66.7. The number of aldehydes is 1. The summed E-state index contributed by atoms with van der Waals surface area (Å²) < 4.78 is 99.4. The number of benzene rings is 5. The third kappa shape index (κ3) is 16.2. The lowest BCUT2D eigenvalue weighted by Gasteiger charge is -2.22. The number of rotatable bonds is 7. The van der Waals surface area contributed by atoms with Crippen LogP contribution in [0.4, 0.5) is 22.0 Å². The fourth-order valence-electron chi connectivity index (χ4n) is 8.23. The summed E-state index contributed by atoms with van der Waals surface area (Å²) in [7, 11) is -2.61. The maximum atomic E-state index is 14.5. The molecule has 0 aliphatic rings. The predicted octanol–water partition coefficient (Wildman–Crippen LogP) is 15.0. The molecule has 0 saturated heterocycles. The van der Waals surface area contributed by atoms with Crippen LogP contribution < -0.4 is 10.5 Å². The largest absolute Gasteiger partial charge is 0.359 e. The van der Waals surface area contributed by atoms with Crippen LogP contribution in [0.5, 0.6) is 0 Å². The number of carbonyl (C=O) groups is 1. The number of nitrogens with one attached hydrogen (secondary N) is 6. The van der Waals surface area contributed by atoms with Gasteiger partial charge in [0.05, 0.1) is 31.6 Å². The molecule has 0 saturated carbocycles. The molecule has 0 aliphatic heterocycles. The zero-order chi connectivity index (χ0) is 58.4. The predicted molar refractivity (Wildman–Crippen MR) is 333 cm³/mol. The summed E-state index contributed by atoms with van der Waals surface area (Å²) in [5.41, 5.74) is 15.7. The molecule has 10 aromatic rings. The first-order chi connectivity index (χ1) is 37.0. The van der Waals surface area contributed by atoms with E-state index in [1.807, 2.05) is 101 Å². The molecule has 21 heteroatoms. The summed E-state index contributed by atoms with van der Waals surface area (Å²) in [6.45, 7) is 24.1. The molecular weight excluding hydrogens is 1120 g/mol. The second kappa shape index (κ2) is 27.8. The first-order valence-corrected chi connectivity index (χ1v) is 27.4. The van der Waals surface area contributed by atoms with Crippen LogP contribution in [0.1, 0.15) is 129 Å². The minimum Gasteiger partial charge on any atom is -0.359 e. The Kier molecular flexibility index (Phi) is 22.9. The van der Waals surface area contributed by atoms with Crippen molar-refractivity contribution in [3.05, 3.63) is 176 Å².